The molecule has 2 aromatic heterocycles. The van der Waals surface area contributed by atoms with Gasteiger partial charge in [0.15, 0.2) is 0 Å². The third-order valence-electron chi connectivity index (χ3n) is 1.98. The molecule has 2 heterocycles. The standard InChI is InChI=1S/C11H11N3/c1-12-11-4-2-3-10(14-11)9-5-7-13-8-6-9/h2-8H,1H3,(H,12,14). The van der Waals surface area contributed by atoms with Crippen LogP contribution in [0.3, 0.4) is 0 Å². The van der Waals surface area contributed by atoms with Gasteiger partial charge in [0.1, 0.15) is 5.82 Å². The second-order valence-corrected chi connectivity index (χ2v) is 2.89. The van der Waals surface area contributed by atoms with Gasteiger partial charge in [0.25, 0.3) is 0 Å². The molecule has 70 valence electrons. The van der Waals surface area contributed by atoms with Crippen molar-refractivity contribution in [1.29, 1.82) is 0 Å². The molecule has 0 amide bonds. The lowest BCUT2D eigenvalue weighted by Crippen LogP contribution is -1.92. The van der Waals surface area contributed by atoms with Crippen molar-refractivity contribution in [3.05, 3.63) is 42.7 Å². The number of nitrogens with zero attached hydrogens (tertiary/aromatic N) is 2. The van der Waals surface area contributed by atoms with Gasteiger partial charge in [0.05, 0.1) is 5.69 Å². The van der Waals surface area contributed by atoms with Crippen molar-refractivity contribution in [3.63, 3.8) is 0 Å². The quantitative estimate of drug-likeness (QED) is 0.779. The summed E-state index contributed by atoms with van der Waals surface area (Å²) < 4.78 is 0. The molecule has 0 aliphatic rings. The van der Waals surface area contributed by atoms with E-state index < -0.39 is 0 Å². The highest BCUT2D eigenvalue weighted by molar-refractivity contribution is 5.60. The lowest BCUT2D eigenvalue weighted by Gasteiger charge is -2.02. The molecule has 2 aromatic rings. The average Bonchev–Trinajstić information content (AvgIpc) is 2.30. The smallest absolute Gasteiger partial charge is 0.126 e. The first kappa shape index (κ1) is 8.69. The SMILES string of the molecule is CNc1cccc(-c2ccncc2)n1. The fourth-order valence-corrected chi connectivity index (χ4v) is 1.26. The zero-order valence-corrected chi connectivity index (χ0v) is 7.94. The Morgan fingerprint density at radius 2 is 1.86 bits per heavy atom. The molecular weight excluding hydrogens is 174 g/mol. The maximum absolute atomic E-state index is 4.42. The van der Waals surface area contributed by atoms with Gasteiger partial charge in [-0.1, -0.05) is 6.07 Å². The summed E-state index contributed by atoms with van der Waals surface area (Å²) >= 11 is 0. The largest absolute Gasteiger partial charge is 0.373 e. The fourth-order valence-electron chi connectivity index (χ4n) is 1.26. The van der Waals surface area contributed by atoms with Crippen LogP contribution >= 0.6 is 0 Å². The van der Waals surface area contributed by atoms with Crippen LogP contribution in [0.5, 0.6) is 0 Å². The van der Waals surface area contributed by atoms with Gasteiger partial charge in [0.2, 0.25) is 0 Å². The highest BCUT2D eigenvalue weighted by atomic mass is 15.0. The molecular formula is C11H11N3. The molecule has 0 saturated heterocycles. The Morgan fingerprint density at radius 3 is 2.57 bits per heavy atom. The van der Waals surface area contributed by atoms with Crippen LogP contribution in [0.15, 0.2) is 42.7 Å². The number of anilines is 1. The predicted octanol–water partition coefficient (Wildman–Crippen LogP) is 2.19. The van der Waals surface area contributed by atoms with Crippen molar-refractivity contribution in [1.82, 2.24) is 9.97 Å². The maximum Gasteiger partial charge on any atom is 0.126 e. The van der Waals surface area contributed by atoms with E-state index in [1.54, 1.807) is 12.4 Å². The third kappa shape index (κ3) is 1.71. The van der Waals surface area contributed by atoms with Crippen molar-refractivity contribution in [2.45, 2.75) is 0 Å². The minimum atomic E-state index is 0.874. The molecule has 0 atom stereocenters. The van der Waals surface area contributed by atoms with Crippen molar-refractivity contribution in [2.24, 2.45) is 0 Å². The molecule has 0 saturated carbocycles. The summed E-state index contributed by atoms with van der Waals surface area (Å²) in [6.45, 7) is 0. The Bertz CT molecular complexity index is 412. The van der Waals surface area contributed by atoms with Gasteiger partial charge in [-0.25, -0.2) is 4.98 Å². The molecule has 0 aliphatic heterocycles. The van der Waals surface area contributed by atoms with Gasteiger partial charge in [0, 0.05) is 25.0 Å². The molecule has 0 fully saturated rings. The van der Waals surface area contributed by atoms with Gasteiger partial charge in [-0.15, -0.1) is 0 Å². The normalized spacial score (nSPS) is 9.79. The number of rotatable bonds is 2. The van der Waals surface area contributed by atoms with Crippen LogP contribution in [0.25, 0.3) is 11.3 Å². The van der Waals surface area contributed by atoms with Gasteiger partial charge in [-0.05, 0) is 24.3 Å². The Hall–Kier alpha value is -1.90. The Morgan fingerprint density at radius 1 is 1.07 bits per heavy atom. The van der Waals surface area contributed by atoms with Gasteiger partial charge in [-0.3, -0.25) is 4.98 Å². The van der Waals surface area contributed by atoms with E-state index in [1.165, 1.54) is 0 Å². The molecule has 0 unspecified atom stereocenters. The zero-order chi connectivity index (χ0) is 9.80. The van der Waals surface area contributed by atoms with Crippen LogP contribution in [0.2, 0.25) is 0 Å². The summed E-state index contributed by atoms with van der Waals surface area (Å²) in [5.41, 5.74) is 2.04. The van der Waals surface area contributed by atoms with E-state index in [-0.39, 0.29) is 0 Å². The number of pyridine rings is 2. The van der Waals surface area contributed by atoms with E-state index in [2.05, 4.69) is 15.3 Å². The summed E-state index contributed by atoms with van der Waals surface area (Å²) in [6, 6.07) is 9.79. The van der Waals surface area contributed by atoms with Crippen LogP contribution in [0, 0.1) is 0 Å². The van der Waals surface area contributed by atoms with E-state index in [9.17, 15) is 0 Å². The van der Waals surface area contributed by atoms with Crippen molar-refractivity contribution >= 4 is 5.82 Å². The molecule has 0 spiro atoms. The maximum atomic E-state index is 4.42. The molecule has 0 aromatic carbocycles. The van der Waals surface area contributed by atoms with E-state index >= 15 is 0 Å². The average molecular weight is 185 g/mol. The van der Waals surface area contributed by atoms with Gasteiger partial charge in [-0.2, -0.15) is 0 Å². The van der Waals surface area contributed by atoms with E-state index in [0.29, 0.717) is 0 Å². The van der Waals surface area contributed by atoms with E-state index in [4.69, 9.17) is 0 Å². The molecule has 3 heteroatoms. The first-order chi connectivity index (χ1) is 6.90. The van der Waals surface area contributed by atoms with Crippen LogP contribution in [-0.4, -0.2) is 17.0 Å². The molecule has 0 bridgehead atoms. The molecule has 2 rings (SSSR count). The minimum Gasteiger partial charge on any atom is -0.373 e. The van der Waals surface area contributed by atoms with Crippen molar-refractivity contribution < 1.29 is 0 Å². The second-order valence-electron chi connectivity index (χ2n) is 2.89. The Balaban J connectivity index is 2.42. The fraction of sp³-hybridized carbons (Fsp3) is 0.0909. The van der Waals surface area contributed by atoms with Crippen LogP contribution in [0.1, 0.15) is 0 Å². The topological polar surface area (TPSA) is 37.8 Å². The number of nitrogens with one attached hydrogen (secondary N) is 1. The molecule has 0 radical (unpaired) electrons. The second kappa shape index (κ2) is 3.87. The van der Waals surface area contributed by atoms with Crippen molar-refractivity contribution in [2.75, 3.05) is 12.4 Å². The molecule has 1 N–H and O–H groups in total. The molecule has 3 nitrogen and oxygen atoms in total. The first-order valence-corrected chi connectivity index (χ1v) is 4.45. The van der Waals surface area contributed by atoms with Crippen LogP contribution < -0.4 is 5.32 Å². The highest BCUT2D eigenvalue weighted by Gasteiger charge is 1.98. The number of hydrogen-bond donors (Lipinski definition) is 1. The number of hydrogen-bond acceptors (Lipinski definition) is 3. The monoisotopic (exact) mass is 185 g/mol. The Kier molecular flexibility index (Phi) is 2.40. The lowest BCUT2D eigenvalue weighted by molar-refractivity contribution is 1.27. The first-order valence-electron chi connectivity index (χ1n) is 4.45. The summed E-state index contributed by atoms with van der Waals surface area (Å²) in [7, 11) is 1.86. The molecule has 14 heavy (non-hydrogen) atoms. The summed E-state index contributed by atoms with van der Waals surface area (Å²) in [6.07, 6.45) is 3.53. The summed E-state index contributed by atoms with van der Waals surface area (Å²) in [4.78, 5) is 8.39. The van der Waals surface area contributed by atoms with Crippen LogP contribution in [-0.2, 0) is 0 Å². The number of aromatic nitrogens is 2. The lowest BCUT2D eigenvalue weighted by atomic mass is 10.2. The summed E-state index contributed by atoms with van der Waals surface area (Å²) in [5, 5.41) is 3.01. The third-order valence-corrected chi connectivity index (χ3v) is 1.98. The summed E-state index contributed by atoms with van der Waals surface area (Å²) in [5.74, 6) is 0.874. The van der Waals surface area contributed by atoms with Gasteiger partial charge < -0.3 is 5.32 Å². The van der Waals surface area contributed by atoms with Gasteiger partial charge >= 0.3 is 0 Å². The van der Waals surface area contributed by atoms with Crippen molar-refractivity contribution in [3.8, 4) is 11.3 Å². The van der Waals surface area contributed by atoms with E-state index in [1.807, 2.05) is 37.4 Å². The van der Waals surface area contributed by atoms with E-state index in [0.717, 1.165) is 17.1 Å². The minimum absolute atomic E-state index is 0.874. The zero-order valence-electron chi connectivity index (χ0n) is 7.94. The Labute approximate surface area is 82.8 Å². The van der Waals surface area contributed by atoms with Crippen LogP contribution in [0.4, 0.5) is 5.82 Å². The predicted molar refractivity (Wildman–Crippen MR) is 57.0 cm³/mol. The molecule has 0 aliphatic carbocycles. The highest BCUT2D eigenvalue weighted by Crippen LogP contribution is 2.16.